The number of halogens is 1. The van der Waals surface area contributed by atoms with Gasteiger partial charge in [0.25, 0.3) is 0 Å². The number of furan rings is 1. The van der Waals surface area contributed by atoms with Gasteiger partial charge in [-0.05, 0) is 36.9 Å². The fourth-order valence-electron chi connectivity index (χ4n) is 2.44. The topological polar surface area (TPSA) is 80.8 Å². The van der Waals surface area contributed by atoms with E-state index in [1.165, 1.54) is 0 Å². The maximum absolute atomic E-state index is 10.9. The molecule has 120 valence electrons. The van der Waals surface area contributed by atoms with Crippen molar-refractivity contribution in [2.75, 3.05) is 31.2 Å². The highest BCUT2D eigenvalue weighted by molar-refractivity contribution is 6.29. The van der Waals surface area contributed by atoms with Gasteiger partial charge >= 0.3 is 0 Å². The smallest absolute Gasteiger partial charge is 0.228 e. The van der Waals surface area contributed by atoms with Gasteiger partial charge in [-0.3, -0.25) is 4.79 Å². The van der Waals surface area contributed by atoms with Gasteiger partial charge in [0, 0.05) is 13.1 Å². The van der Waals surface area contributed by atoms with Crippen LogP contribution >= 0.6 is 11.6 Å². The van der Waals surface area contributed by atoms with E-state index in [0.29, 0.717) is 54.4 Å². The molecule has 0 bridgehead atoms. The number of rotatable bonds is 4. The number of aldehydes is 1. The highest BCUT2D eigenvalue weighted by Crippen LogP contribution is 2.37. The molecule has 3 heterocycles. The Balaban J connectivity index is 2.23. The number of aromatic nitrogens is 2. The highest BCUT2D eigenvalue weighted by atomic mass is 35.5. The molecule has 3 rings (SSSR count). The molecule has 8 heteroatoms. The number of carbonyl (C=O) groups excluding carboxylic acids is 1. The fraction of sp³-hybridized carbons (Fsp3) is 0.333. The Morgan fingerprint density at radius 1 is 1.39 bits per heavy atom. The number of aliphatic imine (C=N–C) groups is 1. The summed E-state index contributed by atoms with van der Waals surface area (Å²) in [5, 5.41) is 0.105. The Morgan fingerprint density at radius 2 is 2.13 bits per heavy atom. The van der Waals surface area contributed by atoms with E-state index in [0.717, 1.165) is 6.29 Å². The molecule has 0 aliphatic carbocycles. The number of anilines is 1. The van der Waals surface area contributed by atoms with Gasteiger partial charge in [0.05, 0.1) is 18.8 Å². The van der Waals surface area contributed by atoms with Crippen molar-refractivity contribution >= 4 is 53.5 Å². The van der Waals surface area contributed by atoms with Gasteiger partial charge in [-0.15, -0.1) is 0 Å². The number of hydrogen-bond donors (Lipinski definition) is 0. The lowest BCUT2D eigenvalue weighted by molar-refractivity contribution is -0.104. The van der Waals surface area contributed by atoms with Crippen LogP contribution in [0.5, 0.6) is 0 Å². The maximum atomic E-state index is 10.9. The average Bonchev–Trinajstić information content (AvgIpc) is 2.92. The minimum Gasteiger partial charge on any atom is -0.432 e. The number of hydrogen-bond acceptors (Lipinski definition) is 7. The van der Waals surface area contributed by atoms with Crippen LogP contribution in [0.2, 0.25) is 5.28 Å². The van der Waals surface area contributed by atoms with Crippen LogP contribution in [-0.4, -0.2) is 49.3 Å². The van der Waals surface area contributed by atoms with Gasteiger partial charge in [0.2, 0.25) is 11.2 Å². The second-order valence-corrected chi connectivity index (χ2v) is 5.42. The summed E-state index contributed by atoms with van der Waals surface area (Å²) < 4.78 is 11.1. The summed E-state index contributed by atoms with van der Waals surface area (Å²) in [6.07, 6.45) is 2.40. The second-order valence-electron chi connectivity index (χ2n) is 5.08. The Morgan fingerprint density at radius 3 is 2.78 bits per heavy atom. The van der Waals surface area contributed by atoms with Crippen molar-refractivity contribution in [1.82, 2.24) is 9.97 Å². The van der Waals surface area contributed by atoms with E-state index < -0.39 is 0 Å². The van der Waals surface area contributed by atoms with Crippen LogP contribution in [0.15, 0.2) is 15.0 Å². The second kappa shape index (κ2) is 6.47. The van der Waals surface area contributed by atoms with Crippen molar-refractivity contribution in [2.45, 2.75) is 6.92 Å². The molecule has 0 unspecified atom stereocenters. The van der Waals surface area contributed by atoms with Gasteiger partial charge in [-0.1, -0.05) is 0 Å². The van der Waals surface area contributed by atoms with Gasteiger partial charge in [-0.25, -0.2) is 9.98 Å². The Kier molecular flexibility index (Phi) is 4.40. The largest absolute Gasteiger partial charge is 0.432 e. The van der Waals surface area contributed by atoms with E-state index in [2.05, 4.69) is 21.7 Å². The monoisotopic (exact) mass is 334 g/mol. The predicted molar refractivity (Wildman–Crippen MR) is 88.8 cm³/mol. The first-order valence-electron chi connectivity index (χ1n) is 7.07. The summed E-state index contributed by atoms with van der Waals surface area (Å²) in [6.45, 7) is 7.76. The van der Waals surface area contributed by atoms with Crippen LogP contribution in [0.4, 0.5) is 11.7 Å². The Bertz CT molecular complexity index is 794. The van der Waals surface area contributed by atoms with E-state index in [9.17, 15) is 4.79 Å². The van der Waals surface area contributed by atoms with Gasteiger partial charge < -0.3 is 14.1 Å². The quantitative estimate of drug-likeness (QED) is 0.370. The number of ether oxygens (including phenoxy) is 1. The minimum absolute atomic E-state index is 0.105. The first-order chi connectivity index (χ1) is 11.1. The summed E-state index contributed by atoms with van der Waals surface area (Å²) in [6, 6.07) is 0. The predicted octanol–water partition coefficient (Wildman–Crippen LogP) is 2.65. The van der Waals surface area contributed by atoms with E-state index in [1.54, 1.807) is 13.0 Å². The average molecular weight is 335 g/mol. The molecule has 23 heavy (non-hydrogen) atoms. The molecule has 1 aliphatic heterocycles. The van der Waals surface area contributed by atoms with Crippen LogP contribution in [0.1, 0.15) is 12.5 Å². The fourth-order valence-corrected chi connectivity index (χ4v) is 2.60. The molecule has 1 fully saturated rings. The van der Waals surface area contributed by atoms with Crippen LogP contribution in [0.25, 0.3) is 17.2 Å². The molecule has 0 radical (unpaired) electrons. The van der Waals surface area contributed by atoms with Crippen LogP contribution in [-0.2, 0) is 9.53 Å². The summed E-state index contributed by atoms with van der Waals surface area (Å²) in [4.78, 5) is 25.4. The highest BCUT2D eigenvalue weighted by Gasteiger charge is 2.23. The molecule has 0 spiro atoms. The Labute approximate surface area is 137 Å². The van der Waals surface area contributed by atoms with E-state index in [4.69, 9.17) is 20.8 Å². The van der Waals surface area contributed by atoms with Crippen molar-refractivity contribution in [3.8, 4) is 0 Å². The SMILES string of the molecule is C=Nc1oc2c(N3CCOCC3)nc(Cl)nc2c1/C=C(\C)C=O. The van der Waals surface area contributed by atoms with Crippen molar-refractivity contribution in [1.29, 1.82) is 0 Å². The first-order valence-corrected chi connectivity index (χ1v) is 7.44. The zero-order chi connectivity index (χ0) is 16.4. The molecular weight excluding hydrogens is 320 g/mol. The summed E-state index contributed by atoms with van der Waals surface area (Å²) in [7, 11) is 0. The standard InChI is InChI=1S/C15H15ClN4O3/c1-9(8-21)7-10-11-12(23-14(10)17-2)13(19-15(16)18-11)20-3-5-22-6-4-20/h7-8H,2-6H2,1H3/b9-7+. The van der Waals surface area contributed by atoms with E-state index in [-0.39, 0.29) is 11.2 Å². The lowest BCUT2D eigenvalue weighted by Crippen LogP contribution is -2.36. The lowest BCUT2D eigenvalue weighted by Gasteiger charge is -2.27. The molecule has 0 amide bonds. The number of fused-ring (bicyclic) bond motifs is 1. The zero-order valence-corrected chi connectivity index (χ0v) is 13.3. The Hall–Kier alpha value is -2.25. The zero-order valence-electron chi connectivity index (χ0n) is 12.6. The number of nitrogens with zero attached hydrogens (tertiary/aromatic N) is 4. The lowest BCUT2D eigenvalue weighted by atomic mass is 10.2. The molecular formula is C15H15ClN4O3. The molecule has 0 aromatic carbocycles. The number of carbonyl (C=O) groups is 1. The van der Waals surface area contributed by atoms with Gasteiger partial charge in [-0.2, -0.15) is 4.98 Å². The molecule has 2 aromatic rings. The van der Waals surface area contributed by atoms with E-state index >= 15 is 0 Å². The first kappa shape index (κ1) is 15.6. The maximum Gasteiger partial charge on any atom is 0.228 e. The van der Waals surface area contributed by atoms with E-state index in [1.807, 2.05) is 4.90 Å². The molecule has 7 nitrogen and oxygen atoms in total. The minimum atomic E-state index is 0.105. The van der Waals surface area contributed by atoms with Crippen molar-refractivity contribution in [3.63, 3.8) is 0 Å². The van der Waals surface area contributed by atoms with Crippen molar-refractivity contribution < 1.29 is 13.9 Å². The molecule has 1 saturated heterocycles. The number of allylic oxidation sites excluding steroid dienone is 1. The summed E-state index contributed by atoms with van der Waals surface area (Å²) in [5.41, 5.74) is 2.07. The van der Waals surface area contributed by atoms with Crippen molar-refractivity contribution in [2.24, 2.45) is 4.99 Å². The molecule has 2 aromatic heterocycles. The summed E-state index contributed by atoms with van der Waals surface area (Å²) in [5.74, 6) is 0.879. The van der Waals surface area contributed by atoms with Crippen LogP contribution in [0, 0.1) is 0 Å². The molecule has 0 N–H and O–H groups in total. The molecule has 0 saturated carbocycles. The van der Waals surface area contributed by atoms with Crippen LogP contribution in [0.3, 0.4) is 0 Å². The summed E-state index contributed by atoms with van der Waals surface area (Å²) >= 11 is 6.08. The third-order valence-electron chi connectivity index (χ3n) is 3.52. The third kappa shape index (κ3) is 2.97. The van der Waals surface area contributed by atoms with Crippen LogP contribution < -0.4 is 4.90 Å². The molecule has 0 atom stereocenters. The van der Waals surface area contributed by atoms with Gasteiger partial charge in [0.15, 0.2) is 11.4 Å². The molecule has 1 aliphatic rings. The van der Waals surface area contributed by atoms with Crippen molar-refractivity contribution in [3.05, 3.63) is 16.4 Å². The third-order valence-corrected chi connectivity index (χ3v) is 3.69. The number of morpholine rings is 1. The van der Waals surface area contributed by atoms with Gasteiger partial charge in [0.1, 0.15) is 11.8 Å². The normalized spacial score (nSPS) is 15.9.